The molecule has 0 saturated heterocycles. The molecular formula is C16H15NO4. The first-order valence-electron chi connectivity index (χ1n) is 6.34. The first-order valence-corrected chi connectivity index (χ1v) is 6.34. The average Bonchev–Trinajstić information content (AvgIpc) is 2.84. The number of hydrogen-bond acceptors (Lipinski definition) is 3. The summed E-state index contributed by atoms with van der Waals surface area (Å²) < 4.78 is 5.09. The van der Waals surface area contributed by atoms with Gasteiger partial charge in [-0.05, 0) is 49.2 Å². The van der Waals surface area contributed by atoms with E-state index in [0.717, 1.165) is 17.2 Å². The molecule has 108 valence electrons. The van der Waals surface area contributed by atoms with Crippen LogP contribution in [0.1, 0.15) is 27.2 Å². The Hall–Kier alpha value is -2.82. The number of carboxylic acids is 1. The molecule has 5 nitrogen and oxygen atoms in total. The topological polar surface area (TPSA) is 79.5 Å². The molecule has 0 aliphatic carbocycles. The lowest BCUT2D eigenvalue weighted by atomic mass is 10.1. The molecule has 0 bridgehead atoms. The summed E-state index contributed by atoms with van der Waals surface area (Å²) in [4.78, 5) is 22.5. The molecule has 0 spiro atoms. The summed E-state index contributed by atoms with van der Waals surface area (Å²) in [6.07, 6.45) is 4.00. The Morgan fingerprint density at radius 2 is 2.00 bits per heavy atom. The van der Waals surface area contributed by atoms with Gasteiger partial charge in [-0.15, -0.1) is 0 Å². The average molecular weight is 285 g/mol. The van der Waals surface area contributed by atoms with Gasteiger partial charge in [0.25, 0.3) is 5.91 Å². The van der Waals surface area contributed by atoms with Gasteiger partial charge in [-0.3, -0.25) is 4.79 Å². The smallest absolute Gasteiger partial charge is 0.328 e. The van der Waals surface area contributed by atoms with Crippen LogP contribution in [0.3, 0.4) is 0 Å². The summed E-state index contributed by atoms with van der Waals surface area (Å²) in [6.45, 7) is 3.61. The third kappa shape index (κ3) is 3.82. The monoisotopic (exact) mass is 285 g/mol. The number of hydrogen-bond donors (Lipinski definition) is 2. The van der Waals surface area contributed by atoms with Gasteiger partial charge in [-0.25, -0.2) is 4.79 Å². The normalized spacial score (nSPS) is 10.8. The molecule has 1 aromatic heterocycles. The van der Waals surface area contributed by atoms with Gasteiger partial charge < -0.3 is 14.8 Å². The van der Waals surface area contributed by atoms with E-state index in [9.17, 15) is 9.59 Å². The Morgan fingerprint density at radius 3 is 2.57 bits per heavy atom. The van der Waals surface area contributed by atoms with Crippen LogP contribution in [0, 0.1) is 13.8 Å². The molecule has 2 rings (SSSR count). The van der Waals surface area contributed by atoms with E-state index in [1.54, 1.807) is 31.2 Å². The molecule has 1 amide bonds. The lowest BCUT2D eigenvalue weighted by molar-refractivity contribution is -0.131. The minimum absolute atomic E-state index is 0.250. The van der Waals surface area contributed by atoms with Crippen LogP contribution in [-0.2, 0) is 4.79 Å². The van der Waals surface area contributed by atoms with Gasteiger partial charge in [0, 0.05) is 11.8 Å². The minimum Gasteiger partial charge on any atom is -0.478 e. The Morgan fingerprint density at radius 1 is 1.24 bits per heavy atom. The van der Waals surface area contributed by atoms with E-state index in [2.05, 4.69) is 5.32 Å². The fourth-order valence-corrected chi connectivity index (χ4v) is 1.87. The maximum Gasteiger partial charge on any atom is 0.328 e. The van der Waals surface area contributed by atoms with Crippen LogP contribution in [-0.4, -0.2) is 17.0 Å². The number of benzene rings is 1. The van der Waals surface area contributed by atoms with Crippen molar-refractivity contribution in [2.45, 2.75) is 13.8 Å². The quantitative estimate of drug-likeness (QED) is 0.845. The third-order valence-corrected chi connectivity index (χ3v) is 2.93. The summed E-state index contributed by atoms with van der Waals surface area (Å²) in [7, 11) is 0. The minimum atomic E-state index is -0.998. The molecule has 0 atom stereocenters. The Balaban J connectivity index is 2.13. The number of rotatable bonds is 4. The van der Waals surface area contributed by atoms with Crippen LogP contribution < -0.4 is 5.32 Å². The summed E-state index contributed by atoms with van der Waals surface area (Å²) in [6, 6.07) is 6.92. The van der Waals surface area contributed by atoms with Gasteiger partial charge in [-0.2, -0.15) is 0 Å². The number of carbonyl (C=O) groups excluding carboxylic acids is 1. The van der Waals surface area contributed by atoms with Crippen molar-refractivity contribution in [2.75, 3.05) is 5.32 Å². The molecule has 1 aromatic carbocycles. The summed E-state index contributed by atoms with van der Waals surface area (Å²) in [5, 5.41) is 11.4. The van der Waals surface area contributed by atoms with Gasteiger partial charge in [0.15, 0.2) is 0 Å². The Kier molecular flexibility index (Phi) is 4.23. The van der Waals surface area contributed by atoms with E-state index >= 15 is 0 Å². The highest BCUT2D eigenvalue weighted by Crippen LogP contribution is 2.18. The zero-order valence-corrected chi connectivity index (χ0v) is 11.7. The van der Waals surface area contributed by atoms with E-state index < -0.39 is 5.97 Å². The largest absolute Gasteiger partial charge is 0.478 e. The van der Waals surface area contributed by atoms with E-state index in [-0.39, 0.29) is 5.91 Å². The van der Waals surface area contributed by atoms with Crippen LogP contribution in [0.4, 0.5) is 5.69 Å². The van der Waals surface area contributed by atoms with Crippen molar-refractivity contribution in [2.24, 2.45) is 0 Å². The van der Waals surface area contributed by atoms with E-state index in [4.69, 9.17) is 9.52 Å². The Labute approximate surface area is 121 Å². The molecule has 21 heavy (non-hydrogen) atoms. The van der Waals surface area contributed by atoms with Crippen molar-refractivity contribution >= 4 is 23.6 Å². The molecule has 5 heteroatoms. The SMILES string of the molecule is Cc1cc(C(=O)Nc2ccc(/C=C/C(=O)O)c(C)c2)co1. The lowest BCUT2D eigenvalue weighted by Gasteiger charge is -2.06. The molecular weight excluding hydrogens is 270 g/mol. The maximum atomic E-state index is 12.0. The van der Waals surface area contributed by atoms with Gasteiger partial charge in [0.05, 0.1) is 5.56 Å². The standard InChI is InChI=1S/C16H15NO4/c1-10-7-14(5-3-12(10)4-6-15(18)19)17-16(20)13-8-11(2)21-9-13/h3-9H,1-2H3,(H,17,20)(H,18,19)/b6-4+. The number of nitrogens with one attached hydrogen (secondary N) is 1. The highest BCUT2D eigenvalue weighted by Gasteiger charge is 2.09. The van der Waals surface area contributed by atoms with Crippen molar-refractivity contribution in [1.29, 1.82) is 0 Å². The highest BCUT2D eigenvalue weighted by molar-refractivity contribution is 6.04. The zero-order valence-electron chi connectivity index (χ0n) is 11.7. The molecule has 1 heterocycles. The molecule has 0 aliphatic heterocycles. The van der Waals surface area contributed by atoms with Crippen LogP contribution in [0.5, 0.6) is 0 Å². The van der Waals surface area contributed by atoms with Gasteiger partial charge in [0.2, 0.25) is 0 Å². The summed E-state index contributed by atoms with van der Waals surface area (Å²) >= 11 is 0. The first-order chi connectivity index (χ1) is 9.95. The second-order valence-corrected chi connectivity index (χ2v) is 4.64. The van der Waals surface area contributed by atoms with Crippen molar-refractivity contribution in [3.05, 3.63) is 59.1 Å². The number of aryl methyl sites for hydroxylation is 2. The molecule has 0 fully saturated rings. The van der Waals surface area contributed by atoms with Crippen molar-refractivity contribution in [1.82, 2.24) is 0 Å². The molecule has 0 unspecified atom stereocenters. The van der Waals surface area contributed by atoms with Crippen molar-refractivity contribution in [3.63, 3.8) is 0 Å². The highest BCUT2D eigenvalue weighted by atomic mass is 16.4. The predicted octanol–water partition coefficient (Wildman–Crippen LogP) is 3.25. The number of aliphatic carboxylic acids is 1. The second kappa shape index (κ2) is 6.09. The first kappa shape index (κ1) is 14.6. The number of anilines is 1. The van der Waals surface area contributed by atoms with Gasteiger partial charge in [0.1, 0.15) is 12.0 Å². The van der Waals surface area contributed by atoms with Gasteiger partial charge in [-0.1, -0.05) is 6.07 Å². The summed E-state index contributed by atoms with van der Waals surface area (Å²) in [5.41, 5.74) is 2.76. The van der Waals surface area contributed by atoms with E-state index in [1.165, 1.54) is 12.3 Å². The number of furan rings is 1. The van der Waals surface area contributed by atoms with E-state index in [1.807, 2.05) is 6.92 Å². The van der Waals surface area contributed by atoms with E-state index in [0.29, 0.717) is 17.0 Å². The maximum absolute atomic E-state index is 12.0. The molecule has 0 saturated carbocycles. The predicted molar refractivity (Wildman–Crippen MR) is 79.2 cm³/mol. The van der Waals surface area contributed by atoms with Crippen LogP contribution in [0.15, 0.2) is 41.0 Å². The molecule has 2 N–H and O–H groups in total. The molecule has 0 radical (unpaired) electrons. The van der Waals surface area contributed by atoms with Crippen LogP contribution >= 0.6 is 0 Å². The summed E-state index contributed by atoms with van der Waals surface area (Å²) in [5.74, 6) is -0.576. The number of amides is 1. The van der Waals surface area contributed by atoms with Crippen molar-refractivity contribution < 1.29 is 19.1 Å². The molecule has 0 aliphatic rings. The third-order valence-electron chi connectivity index (χ3n) is 2.93. The fourth-order valence-electron chi connectivity index (χ4n) is 1.87. The molecule has 2 aromatic rings. The lowest BCUT2D eigenvalue weighted by Crippen LogP contribution is -2.11. The Bertz CT molecular complexity index is 713. The van der Waals surface area contributed by atoms with Crippen LogP contribution in [0.25, 0.3) is 6.08 Å². The van der Waals surface area contributed by atoms with Crippen molar-refractivity contribution in [3.8, 4) is 0 Å². The number of carboxylic acid groups (broad SMARTS) is 1. The van der Waals surface area contributed by atoms with Gasteiger partial charge >= 0.3 is 5.97 Å². The second-order valence-electron chi connectivity index (χ2n) is 4.64. The number of carbonyl (C=O) groups is 2. The fraction of sp³-hybridized carbons (Fsp3) is 0.125. The van der Waals surface area contributed by atoms with Crippen LogP contribution in [0.2, 0.25) is 0 Å². The zero-order chi connectivity index (χ0) is 15.4.